The molecule has 1 N–H and O–H groups in total. The van der Waals surface area contributed by atoms with Crippen LogP contribution in [0.2, 0.25) is 0 Å². The maximum Gasteiger partial charge on any atom is 0.401 e. The Morgan fingerprint density at radius 2 is 2.24 bits per heavy atom. The van der Waals surface area contributed by atoms with Gasteiger partial charge in [-0.1, -0.05) is 6.07 Å². The summed E-state index contributed by atoms with van der Waals surface area (Å²) < 4.78 is 36.1. The molecule has 1 aromatic heterocycles. The first kappa shape index (κ1) is 12.2. The number of nitrogens with one attached hydrogen (secondary N) is 1. The van der Waals surface area contributed by atoms with Gasteiger partial charge in [-0.3, -0.25) is 0 Å². The van der Waals surface area contributed by atoms with Gasteiger partial charge >= 0.3 is 6.18 Å². The van der Waals surface area contributed by atoms with E-state index < -0.39 is 12.7 Å². The third kappa shape index (κ3) is 3.59. The van der Waals surface area contributed by atoms with E-state index >= 15 is 0 Å². The van der Waals surface area contributed by atoms with Crippen molar-refractivity contribution in [3.05, 3.63) is 24.4 Å². The Kier molecular flexibility index (Phi) is 3.51. The first-order valence-electron chi connectivity index (χ1n) is 5.51. The molecule has 0 spiro atoms. The summed E-state index contributed by atoms with van der Waals surface area (Å²) in [6, 6.07) is 5.45. The van der Waals surface area contributed by atoms with Crippen LogP contribution in [0.4, 0.5) is 19.0 Å². The minimum atomic E-state index is -4.14. The van der Waals surface area contributed by atoms with Gasteiger partial charge < -0.3 is 10.2 Å². The van der Waals surface area contributed by atoms with Crippen molar-refractivity contribution in [1.82, 2.24) is 10.3 Å². The molecular formula is C11H14F3N3. The average molecular weight is 245 g/mol. The zero-order valence-corrected chi connectivity index (χ0v) is 9.24. The summed E-state index contributed by atoms with van der Waals surface area (Å²) in [7, 11) is 0. The summed E-state index contributed by atoms with van der Waals surface area (Å²) in [5.41, 5.74) is 0. The maximum absolute atomic E-state index is 12.0. The Bertz CT molecular complexity index is 353. The molecule has 0 amide bonds. The molecule has 0 bridgehead atoms. The molecule has 2 heterocycles. The van der Waals surface area contributed by atoms with Gasteiger partial charge in [0.15, 0.2) is 0 Å². The fourth-order valence-corrected chi connectivity index (χ4v) is 1.94. The lowest BCUT2D eigenvalue weighted by molar-refractivity contribution is -0.125. The van der Waals surface area contributed by atoms with Crippen LogP contribution in [0.3, 0.4) is 0 Å². The standard InChI is InChI=1S/C11H14F3N3/c12-11(13,14)8-16-9-4-6-17(7-9)10-3-1-2-5-15-10/h1-3,5,9,16H,4,6-8H2. The van der Waals surface area contributed by atoms with Crippen molar-refractivity contribution in [1.29, 1.82) is 0 Å². The molecule has 2 rings (SSSR count). The molecule has 1 unspecified atom stereocenters. The highest BCUT2D eigenvalue weighted by Crippen LogP contribution is 2.19. The summed E-state index contributed by atoms with van der Waals surface area (Å²) in [6.45, 7) is 0.396. The van der Waals surface area contributed by atoms with Gasteiger partial charge in [0.25, 0.3) is 0 Å². The van der Waals surface area contributed by atoms with E-state index in [1.165, 1.54) is 0 Å². The van der Waals surface area contributed by atoms with E-state index in [1.807, 2.05) is 23.1 Å². The minimum absolute atomic E-state index is 0.112. The number of anilines is 1. The first-order valence-corrected chi connectivity index (χ1v) is 5.51. The number of aromatic nitrogens is 1. The lowest BCUT2D eigenvalue weighted by Crippen LogP contribution is -2.38. The number of hydrogen-bond donors (Lipinski definition) is 1. The van der Waals surface area contributed by atoms with E-state index in [1.54, 1.807) is 6.20 Å². The Balaban J connectivity index is 1.84. The largest absolute Gasteiger partial charge is 0.401 e. The zero-order chi connectivity index (χ0) is 12.3. The van der Waals surface area contributed by atoms with Crippen LogP contribution in [-0.2, 0) is 0 Å². The molecule has 1 fully saturated rings. The first-order chi connectivity index (χ1) is 8.04. The lowest BCUT2D eigenvalue weighted by atomic mass is 10.2. The molecule has 94 valence electrons. The Labute approximate surface area is 97.6 Å². The van der Waals surface area contributed by atoms with E-state index in [2.05, 4.69) is 10.3 Å². The molecular weight excluding hydrogens is 231 g/mol. The van der Waals surface area contributed by atoms with Crippen LogP contribution in [0, 0.1) is 0 Å². The van der Waals surface area contributed by atoms with Crippen LogP contribution in [0.15, 0.2) is 24.4 Å². The van der Waals surface area contributed by atoms with Crippen LogP contribution >= 0.6 is 0 Å². The molecule has 1 aliphatic heterocycles. The number of alkyl halides is 3. The van der Waals surface area contributed by atoms with Crippen LogP contribution in [0.1, 0.15) is 6.42 Å². The van der Waals surface area contributed by atoms with Crippen LogP contribution in [0.25, 0.3) is 0 Å². The van der Waals surface area contributed by atoms with E-state index in [0.717, 1.165) is 12.4 Å². The Morgan fingerprint density at radius 1 is 1.41 bits per heavy atom. The number of pyridine rings is 1. The molecule has 1 aliphatic rings. The normalized spacial score (nSPS) is 20.9. The van der Waals surface area contributed by atoms with Crippen LogP contribution in [-0.4, -0.2) is 36.8 Å². The third-order valence-electron chi connectivity index (χ3n) is 2.75. The van der Waals surface area contributed by atoms with Gasteiger partial charge in [-0.25, -0.2) is 4.98 Å². The molecule has 0 aromatic carbocycles. The Morgan fingerprint density at radius 3 is 2.88 bits per heavy atom. The quantitative estimate of drug-likeness (QED) is 0.880. The van der Waals surface area contributed by atoms with Gasteiger partial charge in [0, 0.05) is 25.3 Å². The van der Waals surface area contributed by atoms with Crippen molar-refractivity contribution in [2.45, 2.75) is 18.6 Å². The second-order valence-corrected chi connectivity index (χ2v) is 4.12. The zero-order valence-electron chi connectivity index (χ0n) is 9.24. The van der Waals surface area contributed by atoms with Crippen molar-refractivity contribution in [2.75, 3.05) is 24.5 Å². The molecule has 1 atom stereocenters. The third-order valence-corrected chi connectivity index (χ3v) is 2.75. The van der Waals surface area contributed by atoms with Crippen molar-refractivity contribution >= 4 is 5.82 Å². The van der Waals surface area contributed by atoms with E-state index in [4.69, 9.17) is 0 Å². The molecule has 3 nitrogen and oxygen atoms in total. The molecule has 6 heteroatoms. The van der Waals surface area contributed by atoms with Gasteiger partial charge in [0.1, 0.15) is 5.82 Å². The fraction of sp³-hybridized carbons (Fsp3) is 0.545. The van der Waals surface area contributed by atoms with Crippen molar-refractivity contribution in [3.63, 3.8) is 0 Å². The van der Waals surface area contributed by atoms with Crippen LogP contribution in [0.5, 0.6) is 0 Å². The highest BCUT2D eigenvalue weighted by atomic mass is 19.4. The molecule has 0 saturated carbocycles. The Hall–Kier alpha value is -1.30. The van der Waals surface area contributed by atoms with E-state index in [-0.39, 0.29) is 6.04 Å². The number of halogens is 3. The second-order valence-electron chi connectivity index (χ2n) is 4.12. The minimum Gasteiger partial charge on any atom is -0.355 e. The highest BCUT2D eigenvalue weighted by Gasteiger charge is 2.30. The van der Waals surface area contributed by atoms with Crippen molar-refractivity contribution in [2.24, 2.45) is 0 Å². The molecule has 0 aliphatic carbocycles. The average Bonchev–Trinajstić information content (AvgIpc) is 2.75. The summed E-state index contributed by atoms with van der Waals surface area (Å²) in [4.78, 5) is 6.17. The number of nitrogens with zero attached hydrogens (tertiary/aromatic N) is 2. The van der Waals surface area contributed by atoms with Gasteiger partial charge in [0.05, 0.1) is 6.54 Å². The maximum atomic E-state index is 12.0. The van der Waals surface area contributed by atoms with E-state index in [0.29, 0.717) is 13.0 Å². The molecule has 17 heavy (non-hydrogen) atoms. The molecule has 0 radical (unpaired) electrons. The SMILES string of the molecule is FC(F)(F)CNC1CCN(c2ccccn2)C1. The molecule has 1 saturated heterocycles. The van der Waals surface area contributed by atoms with Gasteiger partial charge in [-0.15, -0.1) is 0 Å². The summed E-state index contributed by atoms with van der Waals surface area (Å²) in [5.74, 6) is 0.823. The molecule has 1 aromatic rings. The van der Waals surface area contributed by atoms with Crippen molar-refractivity contribution in [3.8, 4) is 0 Å². The summed E-state index contributed by atoms with van der Waals surface area (Å²) in [6.07, 6.45) is -1.74. The number of rotatable bonds is 3. The predicted molar refractivity (Wildman–Crippen MR) is 58.9 cm³/mol. The van der Waals surface area contributed by atoms with Crippen molar-refractivity contribution < 1.29 is 13.2 Å². The number of hydrogen-bond acceptors (Lipinski definition) is 3. The summed E-state index contributed by atoms with van der Waals surface area (Å²) >= 11 is 0. The predicted octanol–water partition coefficient (Wildman–Crippen LogP) is 1.81. The second kappa shape index (κ2) is 4.91. The lowest BCUT2D eigenvalue weighted by Gasteiger charge is -2.18. The fourth-order valence-electron chi connectivity index (χ4n) is 1.94. The van der Waals surface area contributed by atoms with Gasteiger partial charge in [0.2, 0.25) is 0 Å². The van der Waals surface area contributed by atoms with E-state index in [9.17, 15) is 13.2 Å². The smallest absolute Gasteiger partial charge is 0.355 e. The van der Waals surface area contributed by atoms with Crippen LogP contribution < -0.4 is 10.2 Å². The summed E-state index contributed by atoms with van der Waals surface area (Å²) in [5, 5.41) is 2.53. The van der Waals surface area contributed by atoms with Gasteiger partial charge in [-0.05, 0) is 18.6 Å². The highest BCUT2D eigenvalue weighted by molar-refractivity contribution is 5.39. The topological polar surface area (TPSA) is 28.2 Å². The van der Waals surface area contributed by atoms with Gasteiger partial charge in [-0.2, -0.15) is 13.2 Å². The monoisotopic (exact) mass is 245 g/mol.